The molecule has 0 saturated carbocycles. The summed E-state index contributed by atoms with van der Waals surface area (Å²) < 4.78 is 0. The average Bonchev–Trinajstić information content (AvgIpc) is 2.64. The standard InChI is InChI=1S/C21H19N3O2/c1-15(25)16-6-5-9-20(14-16)22-18-10-12-19(13-11-18)24-21(26)23-17-7-3-2-4-8-17/h2-14,22H,1H3,(H2,23,24,26). The van der Waals surface area contributed by atoms with Gasteiger partial charge in [0.2, 0.25) is 0 Å². The van der Waals surface area contributed by atoms with Crippen molar-refractivity contribution in [1.29, 1.82) is 0 Å². The van der Waals surface area contributed by atoms with Gasteiger partial charge in [-0.1, -0.05) is 30.3 Å². The molecule has 0 aromatic heterocycles. The highest BCUT2D eigenvalue weighted by atomic mass is 16.2. The Balaban J connectivity index is 1.60. The molecule has 0 atom stereocenters. The monoisotopic (exact) mass is 345 g/mol. The van der Waals surface area contributed by atoms with Gasteiger partial charge in [-0.3, -0.25) is 4.79 Å². The molecule has 0 heterocycles. The molecule has 3 aromatic rings. The minimum absolute atomic E-state index is 0.0256. The topological polar surface area (TPSA) is 70.2 Å². The maximum absolute atomic E-state index is 12.0. The van der Waals surface area contributed by atoms with Crippen LogP contribution in [-0.4, -0.2) is 11.8 Å². The molecule has 26 heavy (non-hydrogen) atoms. The Bertz CT molecular complexity index is 906. The summed E-state index contributed by atoms with van der Waals surface area (Å²) >= 11 is 0. The van der Waals surface area contributed by atoms with Crippen molar-refractivity contribution in [3.63, 3.8) is 0 Å². The van der Waals surface area contributed by atoms with Crippen LogP contribution in [0.2, 0.25) is 0 Å². The van der Waals surface area contributed by atoms with E-state index < -0.39 is 0 Å². The zero-order valence-electron chi connectivity index (χ0n) is 14.3. The van der Waals surface area contributed by atoms with Crippen LogP contribution < -0.4 is 16.0 Å². The molecule has 0 bridgehead atoms. The average molecular weight is 345 g/mol. The van der Waals surface area contributed by atoms with Crippen LogP contribution in [0.1, 0.15) is 17.3 Å². The number of urea groups is 1. The molecular weight excluding hydrogens is 326 g/mol. The van der Waals surface area contributed by atoms with Crippen molar-refractivity contribution in [1.82, 2.24) is 0 Å². The Kier molecular flexibility index (Phi) is 5.29. The van der Waals surface area contributed by atoms with Gasteiger partial charge in [-0.15, -0.1) is 0 Å². The normalized spacial score (nSPS) is 10.0. The van der Waals surface area contributed by atoms with E-state index in [-0.39, 0.29) is 11.8 Å². The number of rotatable bonds is 5. The SMILES string of the molecule is CC(=O)c1cccc(Nc2ccc(NC(=O)Nc3ccccc3)cc2)c1. The molecule has 0 aliphatic carbocycles. The van der Waals surface area contributed by atoms with E-state index in [2.05, 4.69) is 16.0 Å². The minimum Gasteiger partial charge on any atom is -0.356 e. The number of hydrogen-bond donors (Lipinski definition) is 3. The molecule has 3 N–H and O–H groups in total. The summed E-state index contributed by atoms with van der Waals surface area (Å²) in [4.78, 5) is 23.4. The first-order valence-electron chi connectivity index (χ1n) is 8.21. The summed E-state index contributed by atoms with van der Waals surface area (Å²) in [6, 6.07) is 23.6. The highest BCUT2D eigenvalue weighted by Crippen LogP contribution is 2.20. The zero-order chi connectivity index (χ0) is 18.4. The minimum atomic E-state index is -0.300. The number of amides is 2. The lowest BCUT2D eigenvalue weighted by Gasteiger charge is -2.10. The van der Waals surface area contributed by atoms with Crippen molar-refractivity contribution in [3.05, 3.63) is 84.4 Å². The van der Waals surface area contributed by atoms with Crippen molar-refractivity contribution in [3.8, 4) is 0 Å². The predicted molar refractivity (Wildman–Crippen MR) is 105 cm³/mol. The summed E-state index contributed by atoms with van der Waals surface area (Å²) in [5.74, 6) is 0.0256. The summed E-state index contributed by atoms with van der Waals surface area (Å²) in [7, 11) is 0. The first-order valence-corrected chi connectivity index (χ1v) is 8.21. The second-order valence-corrected chi connectivity index (χ2v) is 5.78. The number of carbonyl (C=O) groups is 2. The number of ketones is 1. The summed E-state index contributed by atoms with van der Waals surface area (Å²) in [5, 5.41) is 8.79. The van der Waals surface area contributed by atoms with E-state index in [4.69, 9.17) is 0 Å². The molecule has 5 heteroatoms. The Morgan fingerprint density at radius 1 is 0.654 bits per heavy atom. The lowest BCUT2D eigenvalue weighted by atomic mass is 10.1. The van der Waals surface area contributed by atoms with Gasteiger partial charge < -0.3 is 16.0 Å². The third-order valence-corrected chi connectivity index (χ3v) is 3.73. The van der Waals surface area contributed by atoms with Crippen LogP contribution >= 0.6 is 0 Å². The van der Waals surface area contributed by atoms with Gasteiger partial charge in [-0.2, -0.15) is 0 Å². The molecule has 0 fully saturated rings. The molecule has 0 saturated heterocycles. The zero-order valence-corrected chi connectivity index (χ0v) is 14.3. The molecule has 0 aliphatic rings. The fourth-order valence-corrected chi connectivity index (χ4v) is 2.43. The van der Waals surface area contributed by atoms with Gasteiger partial charge in [-0.25, -0.2) is 4.79 Å². The van der Waals surface area contributed by atoms with Gasteiger partial charge in [0, 0.05) is 28.3 Å². The third-order valence-electron chi connectivity index (χ3n) is 3.73. The molecule has 5 nitrogen and oxygen atoms in total. The summed E-state index contributed by atoms with van der Waals surface area (Å²) in [6.07, 6.45) is 0. The van der Waals surface area contributed by atoms with E-state index in [0.717, 1.165) is 17.1 Å². The second-order valence-electron chi connectivity index (χ2n) is 5.78. The molecular formula is C21H19N3O2. The van der Waals surface area contributed by atoms with E-state index in [9.17, 15) is 9.59 Å². The number of benzene rings is 3. The van der Waals surface area contributed by atoms with E-state index in [1.165, 1.54) is 0 Å². The number of nitrogens with one attached hydrogen (secondary N) is 3. The number of para-hydroxylation sites is 1. The van der Waals surface area contributed by atoms with E-state index >= 15 is 0 Å². The van der Waals surface area contributed by atoms with Gasteiger partial charge >= 0.3 is 6.03 Å². The van der Waals surface area contributed by atoms with Crippen LogP contribution in [0.3, 0.4) is 0 Å². The number of hydrogen-bond acceptors (Lipinski definition) is 3. The molecule has 0 spiro atoms. The molecule has 0 unspecified atom stereocenters. The fraction of sp³-hybridized carbons (Fsp3) is 0.0476. The van der Waals surface area contributed by atoms with E-state index in [1.54, 1.807) is 13.0 Å². The van der Waals surface area contributed by atoms with E-state index in [1.807, 2.05) is 72.8 Å². The molecule has 0 radical (unpaired) electrons. The first kappa shape index (κ1) is 17.2. The third kappa shape index (κ3) is 4.70. The van der Waals surface area contributed by atoms with Gasteiger partial charge in [-0.05, 0) is 55.5 Å². The lowest BCUT2D eigenvalue weighted by Crippen LogP contribution is -2.19. The fourth-order valence-electron chi connectivity index (χ4n) is 2.43. The smallest absolute Gasteiger partial charge is 0.323 e. The number of Topliss-reactive ketones (excluding diaryl/α,β-unsaturated/α-hetero) is 1. The van der Waals surface area contributed by atoms with Crippen molar-refractivity contribution in [2.24, 2.45) is 0 Å². The van der Waals surface area contributed by atoms with Crippen LogP contribution in [0.5, 0.6) is 0 Å². The van der Waals surface area contributed by atoms with Crippen LogP contribution in [-0.2, 0) is 0 Å². The van der Waals surface area contributed by atoms with E-state index in [0.29, 0.717) is 11.3 Å². The Hall–Kier alpha value is -3.60. The Labute approximate surface area is 152 Å². The highest BCUT2D eigenvalue weighted by Gasteiger charge is 2.04. The largest absolute Gasteiger partial charge is 0.356 e. The molecule has 130 valence electrons. The highest BCUT2D eigenvalue weighted by molar-refractivity contribution is 5.99. The van der Waals surface area contributed by atoms with Crippen LogP contribution in [0.4, 0.5) is 27.5 Å². The van der Waals surface area contributed by atoms with Gasteiger partial charge in [0.05, 0.1) is 0 Å². The van der Waals surface area contributed by atoms with Crippen molar-refractivity contribution < 1.29 is 9.59 Å². The maximum Gasteiger partial charge on any atom is 0.323 e. The molecule has 2 amide bonds. The Morgan fingerprint density at radius 2 is 1.23 bits per heavy atom. The predicted octanol–water partition coefficient (Wildman–Crippen LogP) is 5.28. The summed E-state index contributed by atoms with van der Waals surface area (Å²) in [5.41, 5.74) is 3.76. The maximum atomic E-state index is 12.0. The lowest BCUT2D eigenvalue weighted by molar-refractivity contribution is 0.101. The van der Waals surface area contributed by atoms with Crippen molar-refractivity contribution >= 4 is 34.6 Å². The van der Waals surface area contributed by atoms with Gasteiger partial charge in [0.25, 0.3) is 0 Å². The van der Waals surface area contributed by atoms with Crippen LogP contribution in [0.25, 0.3) is 0 Å². The first-order chi connectivity index (χ1) is 12.6. The van der Waals surface area contributed by atoms with Gasteiger partial charge in [0.15, 0.2) is 5.78 Å². The number of anilines is 4. The van der Waals surface area contributed by atoms with Crippen molar-refractivity contribution in [2.45, 2.75) is 6.92 Å². The molecule has 3 aromatic carbocycles. The van der Waals surface area contributed by atoms with Crippen molar-refractivity contribution in [2.75, 3.05) is 16.0 Å². The van der Waals surface area contributed by atoms with Crippen LogP contribution in [0, 0.1) is 0 Å². The second kappa shape index (κ2) is 7.98. The molecule has 3 rings (SSSR count). The Morgan fingerprint density at radius 3 is 1.88 bits per heavy atom. The summed E-state index contributed by atoms with van der Waals surface area (Å²) in [6.45, 7) is 1.54. The quantitative estimate of drug-likeness (QED) is 0.551. The van der Waals surface area contributed by atoms with Crippen LogP contribution in [0.15, 0.2) is 78.9 Å². The molecule has 0 aliphatic heterocycles. The number of carbonyl (C=O) groups excluding carboxylic acids is 2. The van der Waals surface area contributed by atoms with Gasteiger partial charge in [0.1, 0.15) is 0 Å².